The minimum Gasteiger partial charge on any atom is -0.462 e. The Hall–Kier alpha value is -1.32. The van der Waals surface area contributed by atoms with Crippen LogP contribution in [-0.4, -0.2) is 25.2 Å². The molecule has 0 spiro atoms. The van der Waals surface area contributed by atoms with Gasteiger partial charge in [-0.1, -0.05) is 144 Å². The van der Waals surface area contributed by atoms with Crippen molar-refractivity contribution in [3.63, 3.8) is 0 Å². The molecule has 0 unspecified atom stereocenters. The highest BCUT2D eigenvalue weighted by atomic mass is 16.5. The second-order valence-electron chi connectivity index (χ2n) is 11.1. The van der Waals surface area contributed by atoms with Crippen LogP contribution in [0.15, 0.2) is 11.1 Å². The van der Waals surface area contributed by atoms with Crippen LogP contribution in [0, 0.1) is 5.92 Å². The summed E-state index contributed by atoms with van der Waals surface area (Å²) in [6.07, 6.45) is 24.0. The molecule has 0 aromatic heterocycles. The number of carbonyl (C=O) groups excluding carboxylic acids is 2. The highest BCUT2D eigenvalue weighted by Gasteiger charge is 2.25. The Morgan fingerprint density at radius 3 is 1.24 bits per heavy atom. The van der Waals surface area contributed by atoms with E-state index < -0.39 is 0 Å². The number of esters is 2. The summed E-state index contributed by atoms with van der Waals surface area (Å²) in [4.78, 5) is 26.2. The molecule has 0 saturated heterocycles. The van der Waals surface area contributed by atoms with Crippen LogP contribution in [0.25, 0.3) is 0 Å². The van der Waals surface area contributed by atoms with Gasteiger partial charge in [-0.15, -0.1) is 0 Å². The number of unbranched alkanes of at least 4 members (excludes halogenated alkanes) is 17. The van der Waals surface area contributed by atoms with E-state index in [1.165, 1.54) is 89.9 Å². The molecular weight excluding hydrogens is 460 g/mol. The van der Waals surface area contributed by atoms with E-state index >= 15 is 0 Å². The monoisotopic (exact) mass is 522 g/mol. The molecular formula is C33H62O4. The van der Waals surface area contributed by atoms with Crippen LogP contribution in [0.3, 0.4) is 0 Å². The van der Waals surface area contributed by atoms with Crippen LogP contribution >= 0.6 is 0 Å². The number of ether oxygens (including phenoxy) is 2. The van der Waals surface area contributed by atoms with E-state index in [2.05, 4.69) is 20.8 Å². The van der Waals surface area contributed by atoms with Gasteiger partial charge in [0.2, 0.25) is 0 Å². The number of hydrogen-bond acceptors (Lipinski definition) is 4. The zero-order valence-corrected chi connectivity index (χ0v) is 25.5. The SMILES string of the molecule is CCCCCCCCCCC(C(=O)OCCCCCCCC)=C(C(=O)OCCCCCCCC)C(C)C. The summed E-state index contributed by atoms with van der Waals surface area (Å²) in [6.45, 7) is 11.5. The lowest BCUT2D eigenvalue weighted by atomic mass is 9.93. The molecule has 0 aliphatic rings. The number of hydrogen-bond donors (Lipinski definition) is 0. The van der Waals surface area contributed by atoms with Gasteiger partial charge in [0.05, 0.1) is 18.8 Å². The molecule has 0 bridgehead atoms. The first-order valence-electron chi connectivity index (χ1n) is 16.1. The largest absolute Gasteiger partial charge is 0.462 e. The van der Waals surface area contributed by atoms with Gasteiger partial charge in [-0.2, -0.15) is 0 Å². The van der Waals surface area contributed by atoms with Gasteiger partial charge < -0.3 is 9.47 Å². The molecule has 0 rings (SSSR count). The van der Waals surface area contributed by atoms with Crippen molar-refractivity contribution in [1.82, 2.24) is 0 Å². The zero-order valence-electron chi connectivity index (χ0n) is 25.5. The summed E-state index contributed by atoms with van der Waals surface area (Å²) in [5.41, 5.74) is 1.08. The molecule has 0 heterocycles. The Bertz CT molecular complexity index is 579. The highest BCUT2D eigenvalue weighted by molar-refractivity contribution is 6.00. The van der Waals surface area contributed by atoms with Gasteiger partial charge in [0.25, 0.3) is 0 Å². The average molecular weight is 523 g/mol. The first-order chi connectivity index (χ1) is 18.0. The van der Waals surface area contributed by atoms with Crippen molar-refractivity contribution in [1.29, 1.82) is 0 Å². The van der Waals surface area contributed by atoms with Crippen LogP contribution in [-0.2, 0) is 19.1 Å². The Labute approximate surface area is 230 Å². The molecule has 0 aliphatic carbocycles. The fraction of sp³-hybridized carbons (Fsp3) is 0.879. The van der Waals surface area contributed by atoms with E-state index in [1.807, 2.05) is 13.8 Å². The Morgan fingerprint density at radius 2 is 0.838 bits per heavy atom. The Kier molecular flexibility index (Phi) is 25.4. The molecule has 0 atom stereocenters. The molecule has 0 aliphatic heterocycles. The quantitative estimate of drug-likeness (QED) is 0.0644. The molecule has 0 N–H and O–H groups in total. The molecule has 37 heavy (non-hydrogen) atoms. The third-order valence-electron chi connectivity index (χ3n) is 7.11. The lowest BCUT2D eigenvalue weighted by Gasteiger charge is -2.17. The van der Waals surface area contributed by atoms with Gasteiger partial charge in [0.15, 0.2) is 0 Å². The van der Waals surface area contributed by atoms with Crippen molar-refractivity contribution in [2.75, 3.05) is 13.2 Å². The summed E-state index contributed by atoms with van der Waals surface area (Å²) >= 11 is 0. The highest BCUT2D eigenvalue weighted by Crippen LogP contribution is 2.24. The summed E-state index contributed by atoms with van der Waals surface area (Å²) in [5.74, 6) is -0.700. The Morgan fingerprint density at radius 1 is 0.486 bits per heavy atom. The first kappa shape index (κ1) is 35.7. The predicted molar refractivity (Wildman–Crippen MR) is 158 cm³/mol. The summed E-state index contributed by atoms with van der Waals surface area (Å²) in [6, 6.07) is 0. The minimum absolute atomic E-state index is 0.0670. The average Bonchev–Trinajstić information content (AvgIpc) is 2.88. The normalized spacial score (nSPS) is 12.1. The lowest BCUT2D eigenvalue weighted by Crippen LogP contribution is -2.21. The van der Waals surface area contributed by atoms with Crippen molar-refractivity contribution in [3.8, 4) is 0 Å². The second kappa shape index (κ2) is 26.3. The topological polar surface area (TPSA) is 52.6 Å². The molecule has 0 fully saturated rings. The standard InChI is InChI=1S/C33H62O4/c1-6-9-12-15-18-19-20-23-26-30(32(34)36-27-24-21-16-13-10-7-2)31(29(4)5)33(35)37-28-25-22-17-14-11-8-3/h29H,6-28H2,1-5H3. The van der Waals surface area contributed by atoms with E-state index in [4.69, 9.17) is 9.47 Å². The van der Waals surface area contributed by atoms with Crippen molar-refractivity contribution in [3.05, 3.63) is 11.1 Å². The fourth-order valence-corrected chi connectivity index (χ4v) is 4.75. The van der Waals surface area contributed by atoms with Crippen molar-refractivity contribution < 1.29 is 19.1 Å². The fourth-order valence-electron chi connectivity index (χ4n) is 4.75. The molecule has 218 valence electrons. The van der Waals surface area contributed by atoms with E-state index in [9.17, 15) is 9.59 Å². The number of rotatable bonds is 26. The zero-order chi connectivity index (χ0) is 27.6. The van der Waals surface area contributed by atoms with Gasteiger partial charge in [0.1, 0.15) is 0 Å². The maximum Gasteiger partial charge on any atom is 0.334 e. The van der Waals surface area contributed by atoms with Crippen LogP contribution in [0.5, 0.6) is 0 Å². The summed E-state index contributed by atoms with van der Waals surface area (Å²) < 4.78 is 11.4. The van der Waals surface area contributed by atoms with Gasteiger partial charge in [-0.25, -0.2) is 9.59 Å². The maximum absolute atomic E-state index is 13.2. The van der Waals surface area contributed by atoms with E-state index in [1.54, 1.807) is 0 Å². The third kappa shape index (κ3) is 20.3. The first-order valence-corrected chi connectivity index (χ1v) is 16.1. The van der Waals surface area contributed by atoms with Crippen molar-refractivity contribution >= 4 is 11.9 Å². The molecule has 0 amide bonds. The van der Waals surface area contributed by atoms with E-state index in [-0.39, 0.29) is 17.9 Å². The van der Waals surface area contributed by atoms with Crippen LogP contribution in [0.4, 0.5) is 0 Å². The second-order valence-corrected chi connectivity index (χ2v) is 11.1. The number of carbonyl (C=O) groups is 2. The van der Waals surface area contributed by atoms with E-state index in [0.717, 1.165) is 38.5 Å². The molecule has 0 radical (unpaired) electrons. The summed E-state index contributed by atoms with van der Waals surface area (Å²) in [5, 5.41) is 0. The third-order valence-corrected chi connectivity index (χ3v) is 7.11. The smallest absolute Gasteiger partial charge is 0.334 e. The van der Waals surface area contributed by atoms with Crippen LogP contribution in [0.2, 0.25) is 0 Å². The van der Waals surface area contributed by atoms with Gasteiger partial charge >= 0.3 is 11.9 Å². The molecule has 4 heteroatoms. The van der Waals surface area contributed by atoms with Crippen LogP contribution < -0.4 is 0 Å². The van der Waals surface area contributed by atoms with Crippen molar-refractivity contribution in [2.24, 2.45) is 5.92 Å². The molecule has 0 aromatic carbocycles. The minimum atomic E-state index is -0.324. The van der Waals surface area contributed by atoms with Gasteiger partial charge in [-0.05, 0) is 31.6 Å². The summed E-state index contributed by atoms with van der Waals surface area (Å²) in [7, 11) is 0. The van der Waals surface area contributed by atoms with Crippen molar-refractivity contribution in [2.45, 2.75) is 169 Å². The van der Waals surface area contributed by atoms with Crippen LogP contribution in [0.1, 0.15) is 169 Å². The van der Waals surface area contributed by atoms with E-state index in [0.29, 0.717) is 30.8 Å². The predicted octanol–water partition coefficient (Wildman–Crippen LogP) is 10.3. The molecule has 0 saturated carbocycles. The lowest BCUT2D eigenvalue weighted by molar-refractivity contribution is -0.143. The van der Waals surface area contributed by atoms with Gasteiger partial charge in [-0.3, -0.25) is 0 Å². The maximum atomic E-state index is 13.2. The Balaban J connectivity index is 4.97. The molecule has 4 nitrogen and oxygen atoms in total. The van der Waals surface area contributed by atoms with Gasteiger partial charge in [0, 0.05) is 5.57 Å². The molecule has 0 aromatic rings.